The summed E-state index contributed by atoms with van der Waals surface area (Å²) in [5, 5.41) is 8.95. The van der Waals surface area contributed by atoms with Crippen LogP contribution in [0.2, 0.25) is 5.02 Å². The zero-order valence-electron chi connectivity index (χ0n) is 11.7. The van der Waals surface area contributed by atoms with Gasteiger partial charge in [0.25, 0.3) is 0 Å². The van der Waals surface area contributed by atoms with Crippen molar-refractivity contribution in [3.05, 3.63) is 28.5 Å². The minimum absolute atomic E-state index is 0.145. The molecule has 0 aliphatic carbocycles. The predicted octanol–water partition coefficient (Wildman–Crippen LogP) is 3.37. The van der Waals surface area contributed by atoms with Crippen molar-refractivity contribution in [3.63, 3.8) is 0 Å². The fourth-order valence-electron chi connectivity index (χ4n) is 2.66. The molecule has 1 N–H and O–H groups in total. The summed E-state index contributed by atoms with van der Waals surface area (Å²) in [6.45, 7) is 0.0337. The molecule has 1 unspecified atom stereocenters. The number of pyridine rings is 1. The van der Waals surface area contributed by atoms with Crippen LogP contribution in [0.5, 0.6) is 0 Å². The molecule has 0 spiro atoms. The van der Waals surface area contributed by atoms with Crippen LogP contribution in [0, 0.1) is 0 Å². The van der Waals surface area contributed by atoms with Gasteiger partial charge in [0.05, 0.1) is 22.8 Å². The molecule has 1 amide bonds. The molecular weight excluding hydrogens is 325 g/mol. The lowest BCUT2D eigenvalue weighted by atomic mass is 9.86. The van der Waals surface area contributed by atoms with Crippen molar-refractivity contribution < 1.29 is 27.8 Å². The zero-order chi connectivity index (χ0) is 16.5. The van der Waals surface area contributed by atoms with Gasteiger partial charge in [0.1, 0.15) is 5.60 Å². The second-order valence-corrected chi connectivity index (χ2v) is 5.49. The number of ether oxygens (including phenoxy) is 1. The van der Waals surface area contributed by atoms with Crippen LogP contribution in [0.25, 0.3) is 0 Å². The highest BCUT2D eigenvalue weighted by Gasteiger charge is 2.46. The third-order valence-electron chi connectivity index (χ3n) is 3.71. The van der Waals surface area contributed by atoms with Gasteiger partial charge in [-0.2, -0.15) is 13.2 Å². The molecule has 1 aromatic rings. The van der Waals surface area contributed by atoms with E-state index in [-0.39, 0.29) is 30.2 Å². The molecule has 0 saturated carbocycles. The van der Waals surface area contributed by atoms with Crippen molar-refractivity contribution in [1.29, 1.82) is 0 Å². The Labute approximate surface area is 129 Å². The average molecular weight is 339 g/mol. The highest BCUT2D eigenvalue weighted by molar-refractivity contribution is 6.30. The van der Waals surface area contributed by atoms with Gasteiger partial charge in [-0.05, 0) is 18.9 Å². The fourth-order valence-corrected chi connectivity index (χ4v) is 2.82. The number of hydrogen-bond donors (Lipinski definition) is 1. The van der Waals surface area contributed by atoms with Crippen molar-refractivity contribution in [2.45, 2.75) is 24.6 Å². The number of carbonyl (C=O) groups is 1. The van der Waals surface area contributed by atoms with E-state index in [9.17, 15) is 18.0 Å². The molecule has 1 saturated heterocycles. The van der Waals surface area contributed by atoms with Gasteiger partial charge in [-0.25, -0.2) is 4.79 Å². The van der Waals surface area contributed by atoms with Crippen LogP contribution in [0.4, 0.5) is 18.0 Å². The minimum Gasteiger partial charge on any atom is -0.465 e. The largest absolute Gasteiger partial charge is 0.465 e. The van der Waals surface area contributed by atoms with Crippen molar-refractivity contribution in [2.75, 3.05) is 20.2 Å². The summed E-state index contributed by atoms with van der Waals surface area (Å²) in [6, 6.07) is 0.782. The molecule has 0 bridgehead atoms. The number of methoxy groups -OCH3 is 1. The Morgan fingerprint density at radius 2 is 2.23 bits per heavy atom. The molecule has 1 aliphatic rings. The first-order valence-electron chi connectivity index (χ1n) is 6.46. The van der Waals surface area contributed by atoms with Crippen LogP contribution in [0.15, 0.2) is 12.3 Å². The average Bonchev–Trinajstić information content (AvgIpc) is 2.46. The lowest BCUT2D eigenvalue weighted by Crippen LogP contribution is -2.50. The quantitative estimate of drug-likeness (QED) is 0.898. The number of rotatable bonds is 2. The maximum absolute atomic E-state index is 13.3. The molecule has 122 valence electrons. The van der Waals surface area contributed by atoms with Crippen molar-refractivity contribution in [3.8, 4) is 0 Å². The number of alkyl halides is 3. The molecule has 1 atom stereocenters. The maximum atomic E-state index is 13.3. The van der Waals surface area contributed by atoms with E-state index in [1.54, 1.807) is 0 Å². The molecule has 5 nitrogen and oxygen atoms in total. The standard InChI is InChI=1S/C13H14ClF3N2O3/c1-22-12(3-2-4-19(7-12)11(20)21)10-9(13(15,16)17)5-8(14)6-18-10/h5-6H,2-4,7H2,1H3,(H,20,21). The SMILES string of the molecule is COC1(c2ncc(Cl)cc2C(F)(F)F)CCCN(C(=O)O)C1. The van der Waals surface area contributed by atoms with Crippen LogP contribution in [-0.4, -0.2) is 41.3 Å². The number of likely N-dealkylation sites (tertiary alicyclic amines) is 1. The molecule has 1 aromatic heterocycles. The van der Waals surface area contributed by atoms with Crippen molar-refractivity contribution >= 4 is 17.7 Å². The predicted molar refractivity (Wildman–Crippen MR) is 71.8 cm³/mol. The Kier molecular flexibility index (Phi) is 4.53. The summed E-state index contributed by atoms with van der Waals surface area (Å²) in [5.41, 5.74) is -2.78. The highest BCUT2D eigenvalue weighted by Crippen LogP contribution is 2.42. The van der Waals surface area contributed by atoms with Crippen LogP contribution in [-0.2, 0) is 16.5 Å². The zero-order valence-corrected chi connectivity index (χ0v) is 12.4. The van der Waals surface area contributed by atoms with E-state index in [0.717, 1.165) is 17.2 Å². The van der Waals surface area contributed by atoms with Crippen molar-refractivity contribution in [2.24, 2.45) is 0 Å². The Bertz CT molecular complexity index is 582. The van der Waals surface area contributed by atoms with Crippen LogP contribution in [0.3, 0.4) is 0 Å². The molecule has 0 aromatic carbocycles. The van der Waals surface area contributed by atoms with Gasteiger partial charge in [0.15, 0.2) is 0 Å². The Morgan fingerprint density at radius 3 is 2.77 bits per heavy atom. The first-order valence-corrected chi connectivity index (χ1v) is 6.83. The summed E-state index contributed by atoms with van der Waals surface area (Å²) in [7, 11) is 1.25. The normalized spacial score (nSPS) is 22.7. The summed E-state index contributed by atoms with van der Waals surface area (Å²) in [4.78, 5) is 16.0. The molecule has 0 radical (unpaired) electrons. The van der Waals surface area contributed by atoms with Crippen LogP contribution < -0.4 is 0 Å². The molecule has 2 heterocycles. The minimum atomic E-state index is -4.66. The van der Waals surface area contributed by atoms with E-state index in [4.69, 9.17) is 21.4 Å². The fraction of sp³-hybridized carbons (Fsp3) is 0.538. The Balaban J connectivity index is 2.53. The van der Waals surface area contributed by atoms with Gasteiger partial charge in [-0.15, -0.1) is 0 Å². The van der Waals surface area contributed by atoms with Gasteiger partial charge >= 0.3 is 12.3 Å². The summed E-state index contributed by atoms with van der Waals surface area (Å²) in [6.07, 6.45) is -4.15. The number of halogens is 4. The number of aromatic nitrogens is 1. The highest BCUT2D eigenvalue weighted by atomic mass is 35.5. The first-order chi connectivity index (χ1) is 10.2. The van der Waals surface area contributed by atoms with Gasteiger partial charge in [0.2, 0.25) is 0 Å². The molecular formula is C13H14ClF3N2O3. The smallest absolute Gasteiger partial charge is 0.418 e. The molecule has 9 heteroatoms. The lowest BCUT2D eigenvalue weighted by Gasteiger charge is -2.41. The molecule has 1 fully saturated rings. The molecule has 1 aliphatic heterocycles. The van der Waals surface area contributed by atoms with Gasteiger partial charge < -0.3 is 14.7 Å². The summed E-state index contributed by atoms with van der Waals surface area (Å²) >= 11 is 5.62. The van der Waals surface area contributed by atoms with E-state index in [0.29, 0.717) is 6.42 Å². The summed E-state index contributed by atoms with van der Waals surface area (Å²) in [5.74, 6) is 0. The molecule has 22 heavy (non-hydrogen) atoms. The van der Waals surface area contributed by atoms with Crippen LogP contribution in [0.1, 0.15) is 24.1 Å². The van der Waals surface area contributed by atoms with E-state index in [1.165, 1.54) is 7.11 Å². The van der Waals surface area contributed by atoms with E-state index in [2.05, 4.69) is 4.98 Å². The number of nitrogens with zero attached hydrogens (tertiary/aromatic N) is 2. The van der Waals surface area contributed by atoms with Crippen LogP contribution >= 0.6 is 11.6 Å². The van der Waals surface area contributed by atoms with Gasteiger partial charge in [-0.3, -0.25) is 4.98 Å². The third-order valence-corrected chi connectivity index (χ3v) is 3.91. The number of amides is 1. The van der Waals surface area contributed by atoms with E-state index < -0.39 is 23.4 Å². The second kappa shape index (κ2) is 5.92. The molecule has 2 rings (SSSR count). The second-order valence-electron chi connectivity index (χ2n) is 5.05. The monoisotopic (exact) mass is 338 g/mol. The number of hydrogen-bond acceptors (Lipinski definition) is 3. The third kappa shape index (κ3) is 3.12. The maximum Gasteiger partial charge on any atom is 0.418 e. The lowest BCUT2D eigenvalue weighted by molar-refractivity contribution is -0.144. The van der Waals surface area contributed by atoms with Crippen molar-refractivity contribution in [1.82, 2.24) is 9.88 Å². The van der Waals surface area contributed by atoms with E-state index in [1.807, 2.05) is 0 Å². The summed E-state index contributed by atoms with van der Waals surface area (Å²) < 4.78 is 45.1. The topological polar surface area (TPSA) is 62.7 Å². The van der Waals surface area contributed by atoms with Gasteiger partial charge in [0, 0.05) is 19.9 Å². The Morgan fingerprint density at radius 1 is 1.55 bits per heavy atom. The number of carboxylic acid groups (broad SMARTS) is 1. The first kappa shape index (κ1) is 16.8. The van der Waals surface area contributed by atoms with Gasteiger partial charge in [-0.1, -0.05) is 11.6 Å². The Hall–Kier alpha value is -1.54. The van der Waals surface area contributed by atoms with E-state index >= 15 is 0 Å². The number of piperidine rings is 1.